The molecule has 3 aromatic rings. The van der Waals surface area contributed by atoms with Crippen LogP contribution in [0, 0.1) is 0 Å². The molecule has 0 saturated heterocycles. The lowest BCUT2D eigenvalue weighted by Crippen LogP contribution is -2.44. The molecule has 0 radical (unpaired) electrons. The van der Waals surface area contributed by atoms with E-state index in [2.05, 4.69) is 5.32 Å². The van der Waals surface area contributed by atoms with E-state index in [-0.39, 0.29) is 11.8 Å². The fourth-order valence-corrected chi connectivity index (χ4v) is 4.15. The third kappa shape index (κ3) is 3.64. The fourth-order valence-electron chi connectivity index (χ4n) is 3.96. The predicted molar refractivity (Wildman–Crippen MR) is 117 cm³/mol. The number of benzene rings is 3. The summed E-state index contributed by atoms with van der Waals surface area (Å²) >= 11 is 6.07. The second-order valence-corrected chi connectivity index (χ2v) is 7.64. The molecule has 152 valence electrons. The topological polar surface area (TPSA) is 58.6 Å². The van der Waals surface area contributed by atoms with Crippen molar-refractivity contribution in [3.05, 3.63) is 94.5 Å². The van der Waals surface area contributed by atoms with Crippen molar-refractivity contribution in [2.24, 2.45) is 0 Å². The number of nitrogens with one attached hydrogen (secondary N) is 1. The lowest BCUT2D eigenvalue weighted by molar-refractivity contribution is -0.119. The highest BCUT2D eigenvalue weighted by Crippen LogP contribution is 2.42. The summed E-state index contributed by atoms with van der Waals surface area (Å²) in [6, 6.07) is 21.3. The average molecular weight is 421 g/mol. The van der Waals surface area contributed by atoms with Crippen LogP contribution in [0.2, 0.25) is 5.02 Å². The zero-order chi connectivity index (χ0) is 21.3. The predicted octanol–water partition coefficient (Wildman–Crippen LogP) is 4.90. The molecule has 1 heterocycles. The summed E-state index contributed by atoms with van der Waals surface area (Å²) in [5.41, 5.74) is 2.71. The number of carbonyl (C=O) groups is 2. The second-order valence-electron chi connectivity index (χ2n) is 7.20. The average Bonchev–Trinajstić information content (AvgIpc) is 2.76. The van der Waals surface area contributed by atoms with Gasteiger partial charge in [-0.1, -0.05) is 48.0 Å². The van der Waals surface area contributed by atoms with E-state index < -0.39 is 12.0 Å². The van der Waals surface area contributed by atoms with Gasteiger partial charge in [-0.25, -0.2) is 0 Å². The first-order valence-electron chi connectivity index (χ1n) is 9.56. The minimum absolute atomic E-state index is 0.113. The van der Waals surface area contributed by atoms with Gasteiger partial charge in [0, 0.05) is 23.3 Å². The molecule has 1 N–H and O–H groups in total. The lowest BCUT2D eigenvalue weighted by atomic mass is 9.79. The van der Waals surface area contributed by atoms with Crippen molar-refractivity contribution in [1.82, 2.24) is 4.90 Å². The quantitative estimate of drug-likeness (QED) is 0.653. The molecule has 2 atom stereocenters. The van der Waals surface area contributed by atoms with Crippen molar-refractivity contribution >= 4 is 29.1 Å². The van der Waals surface area contributed by atoms with Gasteiger partial charge < -0.3 is 15.0 Å². The molecule has 6 heteroatoms. The molecule has 3 aromatic carbocycles. The van der Waals surface area contributed by atoms with Crippen molar-refractivity contribution in [3.63, 3.8) is 0 Å². The number of likely N-dealkylation sites (N-methyl/N-ethyl adjacent to an activating group) is 1. The van der Waals surface area contributed by atoms with Crippen molar-refractivity contribution in [1.29, 1.82) is 0 Å². The van der Waals surface area contributed by atoms with E-state index in [0.717, 1.165) is 5.56 Å². The third-order valence-electron chi connectivity index (χ3n) is 5.41. The summed E-state index contributed by atoms with van der Waals surface area (Å²) in [4.78, 5) is 28.2. The molecular weight excluding hydrogens is 400 g/mol. The van der Waals surface area contributed by atoms with Crippen LogP contribution in [0.25, 0.3) is 0 Å². The molecule has 0 bridgehead atoms. The highest BCUT2D eigenvalue weighted by Gasteiger charge is 2.42. The van der Waals surface area contributed by atoms with Crippen LogP contribution in [0.1, 0.15) is 33.4 Å². The first kappa shape index (κ1) is 20.0. The molecule has 0 fully saturated rings. The number of nitrogens with zero attached hydrogens (tertiary/aromatic N) is 1. The molecule has 0 unspecified atom stereocenters. The number of anilines is 1. The molecule has 0 aromatic heterocycles. The Morgan fingerprint density at radius 3 is 2.47 bits per heavy atom. The molecule has 0 spiro atoms. The molecule has 2 amide bonds. The van der Waals surface area contributed by atoms with Gasteiger partial charge in [0.2, 0.25) is 5.91 Å². The molecule has 1 aliphatic heterocycles. The number of rotatable bonds is 4. The van der Waals surface area contributed by atoms with Gasteiger partial charge in [0.1, 0.15) is 5.75 Å². The summed E-state index contributed by atoms with van der Waals surface area (Å²) in [5.74, 6) is -0.191. The van der Waals surface area contributed by atoms with E-state index >= 15 is 0 Å². The van der Waals surface area contributed by atoms with Crippen molar-refractivity contribution in [2.75, 3.05) is 19.5 Å². The minimum atomic E-state index is -0.587. The molecule has 1 aliphatic rings. The summed E-state index contributed by atoms with van der Waals surface area (Å²) in [5, 5.41) is 3.50. The van der Waals surface area contributed by atoms with E-state index in [1.54, 1.807) is 49.4 Å². The SMILES string of the molecule is COc1ccc([C@@H]2[C@H](C(=O)Nc3cccc(Cl)c3)c3ccccc3C(=O)N2C)cc1. The largest absolute Gasteiger partial charge is 0.497 e. The Hall–Kier alpha value is -3.31. The molecule has 30 heavy (non-hydrogen) atoms. The van der Waals surface area contributed by atoms with Crippen LogP contribution >= 0.6 is 11.6 Å². The fraction of sp³-hybridized carbons (Fsp3) is 0.167. The maximum Gasteiger partial charge on any atom is 0.254 e. The number of amides is 2. The Morgan fingerprint density at radius 1 is 1.03 bits per heavy atom. The van der Waals surface area contributed by atoms with Crippen LogP contribution in [0.15, 0.2) is 72.8 Å². The standard InChI is InChI=1S/C24H21ClN2O3/c1-27-22(15-10-12-18(30-2)13-11-15)21(19-8-3-4-9-20(19)24(27)29)23(28)26-17-7-5-6-16(25)14-17/h3-14,21-22H,1-2H3,(H,26,28)/t21-,22-/m1/s1. The van der Waals surface area contributed by atoms with Crippen LogP contribution in [-0.4, -0.2) is 30.9 Å². The third-order valence-corrected chi connectivity index (χ3v) is 5.65. The zero-order valence-corrected chi connectivity index (χ0v) is 17.4. The maximum atomic E-state index is 13.5. The lowest BCUT2D eigenvalue weighted by Gasteiger charge is -2.39. The number of carbonyl (C=O) groups excluding carboxylic acids is 2. The van der Waals surface area contributed by atoms with Gasteiger partial charge in [-0.2, -0.15) is 0 Å². The summed E-state index contributed by atoms with van der Waals surface area (Å²) in [6.45, 7) is 0. The molecule has 4 rings (SSSR count). The van der Waals surface area contributed by atoms with Gasteiger partial charge >= 0.3 is 0 Å². The van der Waals surface area contributed by atoms with Gasteiger partial charge in [-0.05, 0) is 47.5 Å². The number of halogens is 1. The van der Waals surface area contributed by atoms with Gasteiger partial charge in [-0.3, -0.25) is 9.59 Å². The monoisotopic (exact) mass is 420 g/mol. The van der Waals surface area contributed by atoms with Crippen molar-refractivity contribution in [3.8, 4) is 5.75 Å². The highest BCUT2D eigenvalue weighted by atomic mass is 35.5. The summed E-state index contributed by atoms with van der Waals surface area (Å²) in [6.07, 6.45) is 0. The second kappa shape index (κ2) is 8.20. The van der Waals surface area contributed by atoms with Crippen LogP contribution in [0.4, 0.5) is 5.69 Å². The number of methoxy groups -OCH3 is 1. The molecular formula is C24H21ClN2O3. The molecule has 5 nitrogen and oxygen atoms in total. The number of fused-ring (bicyclic) bond motifs is 1. The van der Waals surface area contributed by atoms with Gasteiger partial charge in [-0.15, -0.1) is 0 Å². The first-order chi connectivity index (χ1) is 14.5. The molecule has 0 aliphatic carbocycles. The Bertz CT molecular complexity index is 1100. The van der Waals surface area contributed by atoms with Crippen molar-refractivity contribution in [2.45, 2.75) is 12.0 Å². The Balaban J connectivity index is 1.79. The van der Waals surface area contributed by atoms with Crippen molar-refractivity contribution < 1.29 is 14.3 Å². The number of hydrogen-bond acceptors (Lipinski definition) is 3. The number of ether oxygens (including phenoxy) is 1. The van der Waals surface area contributed by atoms with Gasteiger partial charge in [0.25, 0.3) is 5.91 Å². The minimum Gasteiger partial charge on any atom is -0.497 e. The maximum absolute atomic E-state index is 13.5. The zero-order valence-electron chi connectivity index (χ0n) is 16.6. The van der Waals surface area contributed by atoms with Crippen LogP contribution in [0.5, 0.6) is 5.75 Å². The Kier molecular flexibility index (Phi) is 5.46. The van der Waals surface area contributed by atoms with Crippen LogP contribution in [-0.2, 0) is 4.79 Å². The van der Waals surface area contributed by atoms with E-state index in [1.165, 1.54) is 0 Å². The summed E-state index contributed by atoms with van der Waals surface area (Å²) < 4.78 is 5.25. The van der Waals surface area contributed by atoms with Crippen LogP contribution in [0.3, 0.4) is 0 Å². The Morgan fingerprint density at radius 2 is 1.77 bits per heavy atom. The van der Waals surface area contributed by atoms with Gasteiger partial charge in [0.05, 0.1) is 19.1 Å². The summed E-state index contributed by atoms with van der Waals surface area (Å²) in [7, 11) is 3.33. The highest BCUT2D eigenvalue weighted by molar-refractivity contribution is 6.30. The molecule has 0 saturated carbocycles. The van der Waals surface area contributed by atoms with E-state index in [0.29, 0.717) is 27.6 Å². The van der Waals surface area contributed by atoms with Crippen LogP contribution < -0.4 is 10.1 Å². The Labute approximate surface area is 180 Å². The van der Waals surface area contributed by atoms with E-state index in [9.17, 15) is 9.59 Å². The van der Waals surface area contributed by atoms with Gasteiger partial charge in [0.15, 0.2) is 0 Å². The smallest absolute Gasteiger partial charge is 0.254 e. The van der Waals surface area contributed by atoms with E-state index in [4.69, 9.17) is 16.3 Å². The normalized spacial score (nSPS) is 18.0. The number of hydrogen-bond donors (Lipinski definition) is 1. The first-order valence-corrected chi connectivity index (χ1v) is 9.94. The van der Waals surface area contributed by atoms with E-state index in [1.807, 2.05) is 42.5 Å².